The fraction of sp³-hybridized carbons (Fsp3) is 0.200. The van der Waals surface area contributed by atoms with Crippen LogP contribution in [0.5, 0.6) is 0 Å². The van der Waals surface area contributed by atoms with E-state index in [0.29, 0.717) is 11.3 Å². The summed E-state index contributed by atoms with van der Waals surface area (Å²) in [4.78, 5) is 15.4. The molecule has 0 unspecified atom stereocenters. The molecule has 8 heteroatoms. The molecule has 0 saturated carbocycles. The number of anilines is 1. The summed E-state index contributed by atoms with van der Waals surface area (Å²) in [5.74, 6) is -0.527. The first-order chi connectivity index (χ1) is 10.9. The van der Waals surface area contributed by atoms with E-state index in [1.165, 1.54) is 31.6 Å². The van der Waals surface area contributed by atoms with E-state index in [1.54, 1.807) is 24.3 Å². The smallest absolute Gasteiger partial charge is 0.307 e. The largest absolute Gasteiger partial charge is 0.469 e. The fourth-order valence-electron chi connectivity index (χ4n) is 1.97. The number of nitrogens with two attached hydrogens (primary N) is 1. The predicted octanol–water partition coefficient (Wildman–Crippen LogP) is 1.25. The first-order valence-corrected chi connectivity index (χ1v) is 8.25. The average molecular weight is 335 g/mol. The molecule has 7 nitrogen and oxygen atoms in total. The van der Waals surface area contributed by atoms with Crippen LogP contribution in [0.1, 0.15) is 18.0 Å². The lowest BCUT2D eigenvalue weighted by Crippen LogP contribution is -2.30. The molecule has 23 heavy (non-hydrogen) atoms. The second-order valence-corrected chi connectivity index (χ2v) is 6.52. The number of rotatable bonds is 6. The number of esters is 1. The molecule has 0 spiro atoms. The Bertz CT molecular complexity index is 761. The molecule has 0 aliphatic rings. The van der Waals surface area contributed by atoms with E-state index in [9.17, 15) is 13.2 Å². The van der Waals surface area contributed by atoms with Gasteiger partial charge in [0, 0.05) is 18.1 Å². The summed E-state index contributed by atoms with van der Waals surface area (Å²) in [5.41, 5.74) is 6.78. The maximum atomic E-state index is 12.4. The van der Waals surface area contributed by atoms with Crippen molar-refractivity contribution in [2.24, 2.45) is 0 Å². The van der Waals surface area contributed by atoms with Crippen molar-refractivity contribution in [3.05, 3.63) is 54.4 Å². The summed E-state index contributed by atoms with van der Waals surface area (Å²) >= 11 is 0. The number of pyridine rings is 1. The molecule has 0 aliphatic carbocycles. The second-order valence-electron chi connectivity index (χ2n) is 4.81. The third-order valence-corrected chi connectivity index (χ3v) is 4.64. The first kappa shape index (κ1) is 16.9. The van der Waals surface area contributed by atoms with Crippen molar-refractivity contribution in [1.29, 1.82) is 0 Å². The first-order valence-electron chi connectivity index (χ1n) is 6.77. The number of nitrogens with zero attached hydrogens (tertiary/aromatic N) is 1. The van der Waals surface area contributed by atoms with E-state index in [0.717, 1.165) is 0 Å². The van der Waals surface area contributed by atoms with Crippen LogP contribution in [-0.2, 0) is 19.6 Å². The summed E-state index contributed by atoms with van der Waals surface area (Å²) in [6, 6.07) is 8.77. The Labute approximate surface area is 134 Å². The summed E-state index contributed by atoms with van der Waals surface area (Å²) < 4.78 is 32.0. The third-order valence-electron chi connectivity index (χ3n) is 3.18. The van der Waals surface area contributed by atoms with Gasteiger partial charge in [-0.15, -0.1) is 0 Å². The SMILES string of the molecule is COC(=O)C[C@@H](NS(=O)(=O)c1cccnc1)c1ccc(N)cc1. The molecule has 122 valence electrons. The van der Waals surface area contributed by atoms with E-state index < -0.39 is 22.0 Å². The second kappa shape index (κ2) is 7.21. The van der Waals surface area contributed by atoms with Gasteiger partial charge in [0.1, 0.15) is 4.90 Å². The molecule has 3 N–H and O–H groups in total. The lowest BCUT2D eigenvalue weighted by atomic mass is 10.0. The zero-order valence-corrected chi connectivity index (χ0v) is 13.3. The molecular formula is C15H17N3O4S. The van der Waals surface area contributed by atoms with Crippen molar-refractivity contribution in [3.8, 4) is 0 Å². The minimum Gasteiger partial charge on any atom is -0.469 e. The molecule has 1 heterocycles. The molecule has 2 aromatic rings. The Hall–Kier alpha value is -2.45. The van der Waals surface area contributed by atoms with Crippen LogP contribution in [0.3, 0.4) is 0 Å². The number of ether oxygens (including phenoxy) is 1. The van der Waals surface area contributed by atoms with Crippen LogP contribution in [0.4, 0.5) is 5.69 Å². The topological polar surface area (TPSA) is 111 Å². The highest BCUT2D eigenvalue weighted by molar-refractivity contribution is 7.89. The molecule has 0 amide bonds. The lowest BCUT2D eigenvalue weighted by molar-refractivity contribution is -0.141. The molecule has 0 aliphatic heterocycles. The lowest BCUT2D eigenvalue weighted by Gasteiger charge is -2.18. The number of nitrogens with one attached hydrogen (secondary N) is 1. The number of nitrogen functional groups attached to an aromatic ring is 1. The van der Waals surface area contributed by atoms with Gasteiger partial charge in [0.25, 0.3) is 0 Å². The number of carbonyl (C=O) groups excluding carboxylic acids is 1. The van der Waals surface area contributed by atoms with E-state index in [1.807, 2.05) is 0 Å². The van der Waals surface area contributed by atoms with Gasteiger partial charge < -0.3 is 10.5 Å². The normalized spacial score (nSPS) is 12.6. The Morgan fingerprint density at radius 3 is 2.57 bits per heavy atom. The minimum absolute atomic E-state index is 0.0188. The van der Waals surface area contributed by atoms with Crippen LogP contribution in [-0.4, -0.2) is 26.5 Å². The standard InChI is InChI=1S/C15H17N3O4S/c1-22-15(19)9-14(11-4-6-12(16)7-5-11)18-23(20,21)13-3-2-8-17-10-13/h2-8,10,14,18H,9,16H2,1H3/t14-/m1/s1. The highest BCUT2D eigenvalue weighted by Crippen LogP contribution is 2.21. The molecule has 1 aromatic heterocycles. The highest BCUT2D eigenvalue weighted by atomic mass is 32.2. The van der Waals surface area contributed by atoms with Gasteiger partial charge in [0.2, 0.25) is 10.0 Å². The number of methoxy groups -OCH3 is 1. The summed E-state index contributed by atoms with van der Waals surface area (Å²) in [7, 11) is -2.58. The van der Waals surface area contributed by atoms with Crippen molar-refractivity contribution >= 4 is 21.7 Å². The number of aromatic nitrogens is 1. The van der Waals surface area contributed by atoms with Gasteiger partial charge in [-0.3, -0.25) is 9.78 Å². The Morgan fingerprint density at radius 2 is 2.00 bits per heavy atom. The molecule has 0 radical (unpaired) electrons. The van der Waals surface area contributed by atoms with E-state index in [2.05, 4.69) is 14.4 Å². The maximum absolute atomic E-state index is 12.4. The van der Waals surface area contributed by atoms with Gasteiger partial charge in [0.15, 0.2) is 0 Å². The maximum Gasteiger partial charge on any atom is 0.307 e. The van der Waals surface area contributed by atoms with Gasteiger partial charge >= 0.3 is 5.97 Å². The summed E-state index contributed by atoms with van der Waals surface area (Å²) in [5, 5.41) is 0. The number of hydrogen-bond acceptors (Lipinski definition) is 6. The zero-order valence-electron chi connectivity index (χ0n) is 12.5. The van der Waals surface area contributed by atoms with Gasteiger partial charge in [-0.25, -0.2) is 13.1 Å². The van der Waals surface area contributed by atoms with Gasteiger partial charge in [-0.05, 0) is 29.8 Å². The fourth-order valence-corrected chi connectivity index (χ4v) is 3.15. The summed E-state index contributed by atoms with van der Waals surface area (Å²) in [6.07, 6.45) is 2.57. The molecule has 2 rings (SSSR count). The monoisotopic (exact) mass is 335 g/mol. The van der Waals surface area contributed by atoms with Crippen LogP contribution < -0.4 is 10.5 Å². The zero-order chi connectivity index (χ0) is 16.9. The number of carbonyl (C=O) groups is 1. The van der Waals surface area contributed by atoms with Crippen molar-refractivity contribution in [3.63, 3.8) is 0 Å². The van der Waals surface area contributed by atoms with Crippen molar-refractivity contribution in [2.75, 3.05) is 12.8 Å². The quantitative estimate of drug-likeness (QED) is 0.607. The Morgan fingerprint density at radius 1 is 1.30 bits per heavy atom. The molecule has 1 aromatic carbocycles. The van der Waals surface area contributed by atoms with E-state index in [-0.39, 0.29) is 11.3 Å². The van der Waals surface area contributed by atoms with Crippen LogP contribution in [0, 0.1) is 0 Å². The number of benzene rings is 1. The van der Waals surface area contributed by atoms with E-state index >= 15 is 0 Å². The van der Waals surface area contributed by atoms with Crippen molar-refractivity contribution < 1.29 is 17.9 Å². The Kier molecular flexibility index (Phi) is 5.30. The van der Waals surface area contributed by atoms with Crippen LogP contribution >= 0.6 is 0 Å². The van der Waals surface area contributed by atoms with Gasteiger partial charge in [-0.2, -0.15) is 0 Å². The van der Waals surface area contributed by atoms with Crippen molar-refractivity contribution in [2.45, 2.75) is 17.4 Å². The average Bonchev–Trinajstić information content (AvgIpc) is 2.55. The molecule has 1 atom stereocenters. The van der Waals surface area contributed by atoms with Gasteiger partial charge in [0.05, 0.1) is 19.6 Å². The number of hydrogen-bond donors (Lipinski definition) is 2. The van der Waals surface area contributed by atoms with E-state index in [4.69, 9.17) is 5.73 Å². The van der Waals surface area contributed by atoms with Crippen LogP contribution in [0.15, 0.2) is 53.7 Å². The predicted molar refractivity (Wildman–Crippen MR) is 84.8 cm³/mol. The Balaban J connectivity index is 2.30. The van der Waals surface area contributed by atoms with Gasteiger partial charge in [-0.1, -0.05) is 12.1 Å². The number of sulfonamides is 1. The molecule has 0 saturated heterocycles. The van der Waals surface area contributed by atoms with Crippen molar-refractivity contribution in [1.82, 2.24) is 9.71 Å². The molecular weight excluding hydrogens is 318 g/mol. The van der Waals surface area contributed by atoms with Crippen LogP contribution in [0.25, 0.3) is 0 Å². The minimum atomic E-state index is -3.82. The highest BCUT2D eigenvalue weighted by Gasteiger charge is 2.24. The summed E-state index contributed by atoms with van der Waals surface area (Å²) in [6.45, 7) is 0. The molecule has 0 bridgehead atoms. The van der Waals surface area contributed by atoms with Crippen LogP contribution in [0.2, 0.25) is 0 Å². The molecule has 0 fully saturated rings. The third kappa shape index (κ3) is 4.51.